The SMILES string of the molecule is CCCCCCCCCCCCC(O)CCCCC(=O)NCc1cccc(CN)c1. The third-order valence-electron chi connectivity index (χ3n) is 5.80. The predicted molar refractivity (Wildman–Crippen MR) is 127 cm³/mol. The van der Waals surface area contributed by atoms with Crippen LogP contribution in [0.1, 0.15) is 114 Å². The number of unbranched alkanes of at least 4 members (excludes halogenated alkanes) is 10. The molecule has 0 fully saturated rings. The van der Waals surface area contributed by atoms with Crippen molar-refractivity contribution >= 4 is 5.91 Å². The first-order valence-electron chi connectivity index (χ1n) is 12.4. The minimum atomic E-state index is -0.207. The van der Waals surface area contributed by atoms with Crippen LogP contribution in [0.25, 0.3) is 0 Å². The molecular weight excluding hydrogens is 372 g/mol. The maximum atomic E-state index is 12.0. The van der Waals surface area contributed by atoms with E-state index >= 15 is 0 Å². The van der Waals surface area contributed by atoms with E-state index in [4.69, 9.17) is 5.73 Å². The molecule has 0 bridgehead atoms. The monoisotopic (exact) mass is 418 g/mol. The fourth-order valence-electron chi connectivity index (χ4n) is 3.83. The molecule has 1 aromatic rings. The molecule has 1 atom stereocenters. The lowest BCUT2D eigenvalue weighted by molar-refractivity contribution is -0.121. The third kappa shape index (κ3) is 14.6. The van der Waals surface area contributed by atoms with Gasteiger partial charge in [0.15, 0.2) is 0 Å². The van der Waals surface area contributed by atoms with Gasteiger partial charge in [-0.2, -0.15) is 0 Å². The number of nitrogens with one attached hydrogen (secondary N) is 1. The number of hydrogen-bond acceptors (Lipinski definition) is 3. The number of carbonyl (C=O) groups is 1. The van der Waals surface area contributed by atoms with Gasteiger partial charge in [0.05, 0.1) is 6.10 Å². The largest absolute Gasteiger partial charge is 0.393 e. The van der Waals surface area contributed by atoms with Crippen LogP contribution in [-0.4, -0.2) is 17.1 Å². The lowest BCUT2D eigenvalue weighted by Crippen LogP contribution is -2.22. The lowest BCUT2D eigenvalue weighted by atomic mass is 10.0. The van der Waals surface area contributed by atoms with Crippen LogP contribution in [0.4, 0.5) is 0 Å². The fourth-order valence-corrected chi connectivity index (χ4v) is 3.83. The molecule has 0 aliphatic carbocycles. The van der Waals surface area contributed by atoms with Crippen molar-refractivity contribution in [2.45, 2.75) is 122 Å². The van der Waals surface area contributed by atoms with E-state index in [9.17, 15) is 9.90 Å². The molecule has 4 N–H and O–H groups in total. The molecule has 1 unspecified atom stereocenters. The average Bonchev–Trinajstić information content (AvgIpc) is 2.76. The summed E-state index contributed by atoms with van der Waals surface area (Å²) < 4.78 is 0. The summed E-state index contributed by atoms with van der Waals surface area (Å²) >= 11 is 0. The molecule has 172 valence electrons. The fraction of sp³-hybridized carbons (Fsp3) is 0.731. The van der Waals surface area contributed by atoms with Crippen LogP contribution >= 0.6 is 0 Å². The van der Waals surface area contributed by atoms with Gasteiger partial charge in [-0.15, -0.1) is 0 Å². The Bertz CT molecular complexity index is 548. The van der Waals surface area contributed by atoms with Crippen molar-refractivity contribution in [1.82, 2.24) is 5.32 Å². The maximum Gasteiger partial charge on any atom is 0.220 e. The molecule has 0 saturated heterocycles. The van der Waals surface area contributed by atoms with Crippen molar-refractivity contribution in [3.05, 3.63) is 35.4 Å². The summed E-state index contributed by atoms with van der Waals surface area (Å²) in [6, 6.07) is 8.00. The van der Waals surface area contributed by atoms with Crippen molar-refractivity contribution in [2.24, 2.45) is 5.73 Å². The normalized spacial score (nSPS) is 12.1. The van der Waals surface area contributed by atoms with Gasteiger partial charge in [0, 0.05) is 19.5 Å². The van der Waals surface area contributed by atoms with Gasteiger partial charge in [-0.05, 0) is 30.4 Å². The number of carbonyl (C=O) groups excluding carboxylic acids is 1. The van der Waals surface area contributed by atoms with E-state index in [0.29, 0.717) is 19.5 Å². The summed E-state index contributed by atoms with van der Waals surface area (Å²) in [7, 11) is 0. The topological polar surface area (TPSA) is 75.3 Å². The molecule has 0 saturated carbocycles. The predicted octanol–water partition coefficient (Wildman–Crippen LogP) is 5.99. The van der Waals surface area contributed by atoms with E-state index in [0.717, 1.165) is 43.2 Å². The van der Waals surface area contributed by atoms with Crippen LogP contribution in [0.5, 0.6) is 0 Å². The summed E-state index contributed by atoms with van der Waals surface area (Å²) in [6.07, 6.45) is 17.0. The van der Waals surface area contributed by atoms with Gasteiger partial charge < -0.3 is 16.2 Å². The number of hydrogen-bond donors (Lipinski definition) is 3. The van der Waals surface area contributed by atoms with Gasteiger partial charge in [0.1, 0.15) is 0 Å². The first-order chi connectivity index (χ1) is 14.7. The molecule has 0 spiro atoms. The van der Waals surface area contributed by atoms with Crippen molar-refractivity contribution in [3.8, 4) is 0 Å². The Morgan fingerprint density at radius 3 is 2.10 bits per heavy atom. The molecule has 1 aromatic carbocycles. The van der Waals surface area contributed by atoms with Gasteiger partial charge in [0.2, 0.25) is 5.91 Å². The van der Waals surface area contributed by atoms with Crippen LogP contribution in [0.3, 0.4) is 0 Å². The lowest BCUT2D eigenvalue weighted by Gasteiger charge is -2.10. The van der Waals surface area contributed by atoms with E-state index in [1.807, 2.05) is 24.3 Å². The minimum absolute atomic E-state index is 0.0809. The summed E-state index contributed by atoms with van der Waals surface area (Å²) in [5.41, 5.74) is 7.81. The number of nitrogens with two attached hydrogens (primary N) is 1. The van der Waals surface area contributed by atoms with E-state index < -0.39 is 0 Å². The smallest absolute Gasteiger partial charge is 0.220 e. The van der Waals surface area contributed by atoms with Gasteiger partial charge in [-0.3, -0.25) is 4.79 Å². The Morgan fingerprint density at radius 1 is 0.900 bits per heavy atom. The summed E-state index contributed by atoms with van der Waals surface area (Å²) in [4.78, 5) is 12.0. The number of aliphatic hydroxyl groups is 1. The molecule has 0 aliphatic heterocycles. The second kappa shape index (κ2) is 18.4. The van der Waals surface area contributed by atoms with Crippen LogP contribution in [0.15, 0.2) is 24.3 Å². The van der Waals surface area contributed by atoms with Gasteiger partial charge in [-0.1, -0.05) is 102 Å². The first kappa shape index (κ1) is 26.6. The average molecular weight is 419 g/mol. The molecule has 4 heteroatoms. The minimum Gasteiger partial charge on any atom is -0.393 e. The van der Waals surface area contributed by atoms with Crippen LogP contribution in [-0.2, 0) is 17.9 Å². The number of benzene rings is 1. The van der Waals surface area contributed by atoms with E-state index in [1.54, 1.807) is 0 Å². The Balaban J connectivity index is 1.92. The second-order valence-electron chi connectivity index (χ2n) is 8.67. The summed E-state index contributed by atoms with van der Waals surface area (Å²) in [6.45, 7) is 3.33. The first-order valence-corrected chi connectivity index (χ1v) is 12.4. The number of amides is 1. The molecule has 1 amide bonds. The Hall–Kier alpha value is -1.39. The quantitative estimate of drug-likeness (QED) is 0.241. The zero-order valence-electron chi connectivity index (χ0n) is 19.3. The molecule has 0 aliphatic rings. The highest BCUT2D eigenvalue weighted by Gasteiger charge is 2.06. The summed E-state index contributed by atoms with van der Waals surface area (Å²) in [5.74, 6) is 0.0809. The Kier molecular flexibility index (Phi) is 16.3. The van der Waals surface area contributed by atoms with Crippen molar-refractivity contribution < 1.29 is 9.90 Å². The molecular formula is C26H46N2O2. The molecule has 0 heterocycles. The molecule has 1 rings (SSSR count). The van der Waals surface area contributed by atoms with Crippen LogP contribution in [0.2, 0.25) is 0 Å². The van der Waals surface area contributed by atoms with E-state index in [1.165, 1.54) is 57.8 Å². The maximum absolute atomic E-state index is 12.0. The highest BCUT2D eigenvalue weighted by molar-refractivity contribution is 5.75. The van der Waals surface area contributed by atoms with Crippen molar-refractivity contribution in [3.63, 3.8) is 0 Å². The molecule has 30 heavy (non-hydrogen) atoms. The van der Waals surface area contributed by atoms with Crippen molar-refractivity contribution in [1.29, 1.82) is 0 Å². The van der Waals surface area contributed by atoms with Crippen LogP contribution < -0.4 is 11.1 Å². The highest BCUT2D eigenvalue weighted by Crippen LogP contribution is 2.14. The van der Waals surface area contributed by atoms with Crippen molar-refractivity contribution in [2.75, 3.05) is 0 Å². The van der Waals surface area contributed by atoms with E-state index in [2.05, 4.69) is 12.2 Å². The molecule has 4 nitrogen and oxygen atoms in total. The Morgan fingerprint density at radius 2 is 1.47 bits per heavy atom. The van der Waals surface area contributed by atoms with Gasteiger partial charge in [-0.25, -0.2) is 0 Å². The summed E-state index contributed by atoms with van der Waals surface area (Å²) in [5, 5.41) is 13.1. The molecule has 0 aromatic heterocycles. The third-order valence-corrected chi connectivity index (χ3v) is 5.80. The zero-order chi connectivity index (χ0) is 21.9. The standard InChI is InChI=1S/C26H46N2O2/c1-2-3-4-5-6-7-8-9-10-11-17-25(29)18-12-13-19-26(30)28-22-24-16-14-15-23(20-24)21-27/h14-16,20,25,29H,2-13,17-19,21-22,27H2,1H3,(H,28,30). The van der Waals surface area contributed by atoms with E-state index in [-0.39, 0.29) is 12.0 Å². The van der Waals surface area contributed by atoms with Crippen LogP contribution in [0, 0.1) is 0 Å². The zero-order valence-corrected chi connectivity index (χ0v) is 19.3. The highest BCUT2D eigenvalue weighted by atomic mass is 16.3. The number of aliphatic hydroxyl groups excluding tert-OH is 1. The molecule has 0 radical (unpaired) electrons. The number of rotatable bonds is 19. The van der Waals surface area contributed by atoms with Gasteiger partial charge >= 0.3 is 0 Å². The van der Waals surface area contributed by atoms with Gasteiger partial charge in [0.25, 0.3) is 0 Å². The Labute approximate surface area is 185 Å². The second-order valence-corrected chi connectivity index (χ2v) is 8.67.